The monoisotopic (exact) mass is 334 g/mol. The number of aromatic nitrogens is 1. The summed E-state index contributed by atoms with van der Waals surface area (Å²) in [6.07, 6.45) is 0. The van der Waals surface area contributed by atoms with Crippen LogP contribution in [0.15, 0.2) is 51.7 Å². The van der Waals surface area contributed by atoms with Gasteiger partial charge in [0.25, 0.3) is 11.5 Å². The number of amides is 1. The zero-order valence-corrected chi connectivity index (χ0v) is 12.5. The molecule has 110 valence electrons. The van der Waals surface area contributed by atoms with Crippen LogP contribution in [-0.2, 0) is 0 Å². The third-order valence-electron chi connectivity index (χ3n) is 2.92. The Morgan fingerprint density at radius 3 is 2.68 bits per heavy atom. The van der Waals surface area contributed by atoms with E-state index in [-0.39, 0.29) is 16.6 Å². The summed E-state index contributed by atoms with van der Waals surface area (Å²) in [6.45, 7) is 0. The van der Waals surface area contributed by atoms with Crippen molar-refractivity contribution >= 4 is 46.1 Å². The molecule has 0 atom stereocenters. The second kappa shape index (κ2) is 5.79. The van der Waals surface area contributed by atoms with Gasteiger partial charge >= 0.3 is 6.01 Å². The van der Waals surface area contributed by atoms with Crippen molar-refractivity contribution in [3.05, 3.63) is 68.4 Å². The summed E-state index contributed by atoms with van der Waals surface area (Å²) in [7, 11) is 0. The van der Waals surface area contributed by atoms with E-state index >= 15 is 0 Å². The van der Waals surface area contributed by atoms with E-state index in [2.05, 4.69) is 10.3 Å². The van der Waals surface area contributed by atoms with Crippen LogP contribution in [0.5, 0.6) is 0 Å². The molecule has 0 spiro atoms. The number of para-hydroxylation sites is 1. The van der Waals surface area contributed by atoms with Crippen molar-refractivity contribution in [3.8, 4) is 0 Å². The maximum atomic E-state index is 12.2. The van der Waals surface area contributed by atoms with E-state index in [0.717, 1.165) is 0 Å². The van der Waals surface area contributed by atoms with E-state index in [1.807, 2.05) is 0 Å². The van der Waals surface area contributed by atoms with Crippen molar-refractivity contribution in [2.24, 2.45) is 0 Å². The van der Waals surface area contributed by atoms with Gasteiger partial charge in [0, 0.05) is 5.02 Å². The first-order valence-corrected chi connectivity index (χ1v) is 6.96. The van der Waals surface area contributed by atoms with Gasteiger partial charge < -0.3 is 4.42 Å². The molecule has 0 bridgehead atoms. The Hall–Kier alpha value is -2.37. The first-order valence-electron chi connectivity index (χ1n) is 6.21. The lowest BCUT2D eigenvalue weighted by molar-refractivity contribution is 0.102. The largest absolute Gasteiger partial charge is 0.425 e. The van der Waals surface area contributed by atoms with Crippen LogP contribution < -0.4 is 10.9 Å². The highest BCUT2D eigenvalue weighted by Crippen LogP contribution is 2.22. The molecule has 0 radical (unpaired) electrons. The lowest BCUT2D eigenvalue weighted by Crippen LogP contribution is -2.17. The molecule has 0 aliphatic rings. The highest BCUT2D eigenvalue weighted by molar-refractivity contribution is 6.37. The first-order chi connectivity index (χ1) is 10.5. The normalized spacial score (nSPS) is 10.6. The minimum Gasteiger partial charge on any atom is -0.425 e. The van der Waals surface area contributed by atoms with Crippen LogP contribution in [0.4, 0.5) is 6.01 Å². The number of halogens is 2. The van der Waals surface area contributed by atoms with E-state index in [9.17, 15) is 9.59 Å². The summed E-state index contributed by atoms with van der Waals surface area (Å²) in [6, 6.07) is 10.9. The molecule has 0 fully saturated rings. The second-order valence-electron chi connectivity index (χ2n) is 4.40. The molecule has 0 aliphatic heterocycles. The van der Waals surface area contributed by atoms with E-state index in [4.69, 9.17) is 27.6 Å². The molecule has 7 heteroatoms. The van der Waals surface area contributed by atoms with E-state index in [1.54, 1.807) is 24.3 Å². The SMILES string of the molecule is O=C(Nc1nc(=O)c2ccccc2o1)c1ccc(Cl)cc1Cl. The van der Waals surface area contributed by atoms with Gasteiger partial charge in [-0.3, -0.25) is 14.9 Å². The van der Waals surface area contributed by atoms with Gasteiger partial charge in [0.1, 0.15) is 5.58 Å². The number of benzene rings is 2. The third kappa shape index (κ3) is 2.81. The highest BCUT2D eigenvalue weighted by Gasteiger charge is 2.14. The molecule has 0 unspecified atom stereocenters. The van der Waals surface area contributed by atoms with Gasteiger partial charge in [-0.15, -0.1) is 0 Å². The van der Waals surface area contributed by atoms with Crippen LogP contribution in [0.25, 0.3) is 11.0 Å². The molecular formula is C15H8Cl2N2O3. The van der Waals surface area contributed by atoms with Crippen LogP contribution >= 0.6 is 23.2 Å². The van der Waals surface area contributed by atoms with Crippen LogP contribution in [0, 0.1) is 0 Å². The number of fused-ring (bicyclic) bond motifs is 1. The fourth-order valence-corrected chi connectivity index (χ4v) is 2.40. The smallest absolute Gasteiger partial charge is 0.305 e. The number of nitrogens with zero attached hydrogens (tertiary/aromatic N) is 1. The average Bonchev–Trinajstić information content (AvgIpc) is 2.47. The summed E-state index contributed by atoms with van der Waals surface area (Å²) in [4.78, 5) is 27.7. The van der Waals surface area contributed by atoms with Gasteiger partial charge in [-0.2, -0.15) is 4.98 Å². The summed E-state index contributed by atoms with van der Waals surface area (Å²) in [5.41, 5.74) is 0.0445. The van der Waals surface area contributed by atoms with E-state index < -0.39 is 11.5 Å². The molecule has 3 rings (SSSR count). The second-order valence-corrected chi connectivity index (χ2v) is 5.24. The van der Waals surface area contributed by atoms with Crippen LogP contribution in [0.1, 0.15) is 10.4 Å². The fourth-order valence-electron chi connectivity index (χ4n) is 1.90. The van der Waals surface area contributed by atoms with Gasteiger partial charge in [0.05, 0.1) is 16.0 Å². The van der Waals surface area contributed by atoms with Gasteiger partial charge in [-0.25, -0.2) is 0 Å². The topological polar surface area (TPSA) is 72.2 Å². The van der Waals surface area contributed by atoms with Crippen LogP contribution in [-0.4, -0.2) is 10.9 Å². The Kier molecular flexibility index (Phi) is 3.83. The van der Waals surface area contributed by atoms with Crippen LogP contribution in [0.3, 0.4) is 0 Å². The molecular weight excluding hydrogens is 327 g/mol. The molecule has 5 nitrogen and oxygen atoms in total. The number of carbonyl (C=O) groups is 1. The third-order valence-corrected chi connectivity index (χ3v) is 3.47. The van der Waals surface area contributed by atoms with Gasteiger partial charge in [0.15, 0.2) is 0 Å². The molecule has 1 amide bonds. The Balaban J connectivity index is 1.96. The van der Waals surface area contributed by atoms with Crippen molar-refractivity contribution in [2.75, 3.05) is 5.32 Å². The van der Waals surface area contributed by atoms with Gasteiger partial charge in [0.2, 0.25) is 0 Å². The molecule has 0 aliphatic carbocycles. The van der Waals surface area contributed by atoms with Crippen molar-refractivity contribution in [3.63, 3.8) is 0 Å². The molecule has 3 aromatic rings. The Bertz CT molecular complexity index is 937. The number of hydrogen-bond acceptors (Lipinski definition) is 4. The lowest BCUT2D eigenvalue weighted by Gasteiger charge is -2.06. The molecule has 1 N–H and O–H groups in total. The zero-order valence-electron chi connectivity index (χ0n) is 11.0. The summed E-state index contributed by atoms with van der Waals surface area (Å²) < 4.78 is 5.39. The number of nitrogens with one attached hydrogen (secondary N) is 1. The molecule has 22 heavy (non-hydrogen) atoms. The summed E-state index contributed by atoms with van der Waals surface area (Å²) in [5.74, 6) is -0.549. The maximum Gasteiger partial charge on any atom is 0.305 e. The summed E-state index contributed by atoms with van der Waals surface area (Å²) >= 11 is 11.7. The fraction of sp³-hybridized carbons (Fsp3) is 0. The maximum absolute atomic E-state index is 12.2. The van der Waals surface area contributed by atoms with E-state index in [0.29, 0.717) is 16.0 Å². The Labute approximate surface area is 134 Å². The van der Waals surface area contributed by atoms with Crippen LogP contribution in [0.2, 0.25) is 10.0 Å². The summed E-state index contributed by atoms with van der Waals surface area (Å²) in [5, 5.41) is 3.35. The molecule has 1 aromatic heterocycles. The minimum absolute atomic E-state index is 0.188. The van der Waals surface area contributed by atoms with Crippen molar-refractivity contribution in [1.82, 2.24) is 4.98 Å². The molecule has 0 saturated carbocycles. The number of carbonyl (C=O) groups excluding carboxylic acids is 1. The number of hydrogen-bond donors (Lipinski definition) is 1. The molecule has 2 aromatic carbocycles. The molecule has 1 heterocycles. The Morgan fingerprint density at radius 2 is 1.91 bits per heavy atom. The number of anilines is 1. The van der Waals surface area contributed by atoms with Crippen molar-refractivity contribution < 1.29 is 9.21 Å². The van der Waals surface area contributed by atoms with Gasteiger partial charge in [-0.1, -0.05) is 35.3 Å². The quantitative estimate of drug-likeness (QED) is 0.774. The predicted molar refractivity (Wildman–Crippen MR) is 84.7 cm³/mol. The van der Waals surface area contributed by atoms with Crippen molar-refractivity contribution in [1.29, 1.82) is 0 Å². The van der Waals surface area contributed by atoms with Crippen molar-refractivity contribution in [2.45, 2.75) is 0 Å². The van der Waals surface area contributed by atoms with Gasteiger partial charge in [-0.05, 0) is 30.3 Å². The average molecular weight is 335 g/mol. The predicted octanol–water partition coefficient (Wildman–Crippen LogP) is 3.75. The highest BCUT2D eigenvalue weighted by atomic mass is 35.5. The zero-order chi connectivity index (χ0) is 15.7. The first kappa shape index (κ1) is 14.6. The molecule has 0 saturated heterocycles. The number of rotatable bonds is 2. The standard InChI is InChI=1S/C15H8Cl2N2O3/c16-8-5-6-9(11(17)7-8)13(20)18-15-19-14(21)10-3-1-2-4-12(10)22-15/h1-7H,(H,18,19,20,21). The lowest BCUT2D eigenvalue weighted by atomic mass is 10.2. The van der Waals surface area contributed by atoms with E-state index in [1.165, 1.54) is 18.2 Å². The Morgan fingerprint density at radius 1 is 1.14 bits per heavy atom. The minimum atomic E-state index is -0.549.